The van der Waals surface area contributed by atoms with Crippen LogP contribution in [0.25, 0.3) is 0 Å². The Balaban J connectivity index is 2.42. The molecule has 0 bridgehead atoms. The van der Waals surface area contributed by atoms with E-state index in [1.807, 2.05) is 32.9 Å². The van der Waals surface area contributed by atoms with Crippen LogP contribution in [0.3, 0.4) is 0 Å². The van der Waals surface area contributed by atoms with E-state index in [0.717, 1.165) is 17.8 Å². The summed E-state index contributed by atoms with van der Waals surface area (Å²) in [5, 5.41) is 14.8. The van der Waals surface area contributed by atoms with Crippen molar-refractivity contribution < 1.29 is 9.90 Å². The SMILES string of the molecule is Cc1ccc(NC(=O)CC(C)NCCCO)c(C)c1. The molecule has 0 radical (unpaired) electrons. The summed E-state index contributed by atoms with van der Waals surface area (Å²) in [5.41, 5.74) is 3.14. The monoisotopic (exact) mass is 264 g/mol. The van der Waals surface area contributed by atoms with Gasteiger partial charge in [-0.05, 0) is 45.4 Å². The Hall–Kier alpha value is -1.39. The Kier molecular flexibility index (Phi) is 6.53. The number of nitrogens with one attached hydrogen (secondary N) is 2. The topological polar surface area (TPSA) is 61.4 Å². The largest absolute Gasteiger partial charge is 0.396 e. The lowest BCUT2D eigenvalue weighted by Crippen LogP contribution is -2.31. The number of aryl methyl sites for hydroxylation is 2. The Morgan fingerprint density at radius 3 is 2.74 bits per heavy atom. The van der Waals surface area contributed by atoms with Crippen molar-refractivity contribution >= 4 is 11.6 Å². The lowest BCUT2D eigenvalue weighted by molar-refractivity contribution is -0.116. The number of rotatable bonds is 7. The third-order valence-corrected chi connectivity index (χ3v) is 2.98. The minimum Gasteiger partial charge on any atom is -0.396 e. The van der Waals surface area contributed by atoms with Gasteiger partial charge in [0.05, 0.1) is 0 Å². The van der Waals surface area contributed by atoms with Crippen LogP contribution in [-0.2, 0) is 4.79 Å². The van der Waals surface area contributed by atoms with E-state index in [0.29, 0.717) is 12.8 Å². The van der Waals surface area contributed by atoms with E-state index in [1.165, 1.54) is 5.56 Å². The summed E-state index contributed by atoms with van der Waals surface area (Å²) in [5.74, 6) is 0.0101. The van der Waals surface area contributed by atoms with Crippen LogP contribution < -0.4 is 10.6 Å². The van der Waals surface area contributed by atoms with Crippen molar-refractivity contribution in [2.24, 2.45) is 0 Å². The molecule has 0 aliphatic rings. The Morgan fingerprint density at radius 2 is 2.11 bits per heavy atom. The van der Waals surface area contributed by atoms with Crippen molar-refractivity contribution in [3.8, 4) is 0 Å². The molecule has 0 fully saturated rings. The number of amides is 1. The van der Waals surface area contributed by atoms with E-state index in [4.69, 9.17) is 5.11 Å². The van der Waals surface area contributed by atoms with Gasteiger partial charge in [-0.25, -0.2) is 0 Å². The van der Waals surface area contributed by atoms with Gasteiger partial charge in [-0.15, -0.1) is 0 Å². The first kappa shape index (κ1) is 15.7. The lowest BCUT2D eigenvalue weighted by atomic mass is 10.1. The fourth-order valence-corrected chi connectivity index (χ4v) is 1.93. The molecular weight excluding hydrogens is 240 g/mol. The second-order valence-electron chi connectivity index (χ2n) is 5.00. The second-order valence-corrected chi connectivity index (χ2v) is 5.00. The molecule has 4 nitrogen and oxygen atoms in total. The predicted octanol–water partition coefficient (Wildman–Crippen LogP) is 1.99. The second kappa shape index (κ2) is 7.92. The molecule has 3 N–H and O–H groups in total. The van der Waals surface area contributed by atoms with Crippen LogP contribution in [0.15, 0.2) is 18.2 Å². The van der Waals surface area contributed by atoms with E-state index >= 15 is 0 Å². The average molecular weight is 264 g/mol. The lowest BCUT2D eigenvalue weighted by Gasteiger charge is -2.14. The van der Waals surface area contributed by atoms with Crippen LogP contribution in [0.2, 0.25) is 0 Å². The number of benzene rings is 1. The van der Waals surface area contributed by atoms with Crippen LogP contribution >= 0.6 is 0 Å². The summed E-state index contributed by atoms with van der Waals surface area (Å²) >= 11 is 0. The molecule has 1 amide bonds. The summed E-state index contributed by atoms with van der Waals surface area (Å²) in [4.78, 5) is 11.9. The molecular formula is C15H24N2O2. The maximum Gasteiger partial charge on any atom is 0.225 e. The van der Waals surface area contributed by atoms with Gasteiger partial charge >= 0.3 is 0 Å². The summed E-state index contributed by atoms with van der Waals surface area (Å²) in [6.07, 6.45) is 1.14. The molecule has 1 rings (SSSR count). The van der Waals surface area contributed by atoms with Crippen molar-refractivity contribution in [1.82, 2.24) is 5.32 Å². The van der Waals surface area contributed by atoms with Crippen molar-refractivity contribution in [3.05, 3.63) is 29.3 Å². The number of aliphatic hydroxyl groups excluding tert-OH is 1. The van der Waals surface area contributed by atoms with Gasteiger partial charge in [0, 0.05) is 24.8 Å². The zero-order valence-corrected chi connectivity index (χ0v) is 12.0. The molecule has 1 atom stereocenters. The van der Waals surface area contributed by atoms with E-state index < -0.39 is 0 Å². The van der Waals surface area contributed by atoms with E-state index in [-0.39, 0.29) is 18.6 Å². The fourth-order valence-electron chi connectivity index (χ4n) is 1.93. The Morgan fingerprint density at radius 1 is 1.37 bits per heavy atom. The quantitative estimate of drug-likeness (QED) is 0.660. The van der Waals surface area contributed by atoms with Gasteiger partial charge in [0.15, 0.2) is 0 Å². The highest BCUT2D eigenvalue weighted by molar-refractivity contribution is 5.91. The zero-order valence-electron chi connectivity index (χ0n) is 12.0. The molecule has 19 heavy (non-hydrogen) atoms. The molecule has 1 aromatic carbocycles. The average Bonchev–Trinajstić information content (AvgIpc) is 2.33. The molecule has 0 spiro atoms. The first-order chi connectivity index (χ1) is 9.02. The molecule has 1 unspecified atom stereocenters. The van der Waals surface area contributed by atoms with Gasteiger partial charge in [-0.1, -0.05) is 17.7 Å². The summed E-state index contributed by atoms with van der Waals surface area (Å²) in [6.45, 7) is 6.90. The molecule has 106 valence electrons. The highest BCUT2D eigenvalue weighted by Crippen LogP contribution is 2.16. The Bertz CT molecular complexity index is 419. The van der Waals surface area contributed by atoms with Gasteiger partial charge < -0.3 is 15.7 Å². The molecule has 0 heterocycles. The van der Waals surface area contributed by atoms with Crippen molar-refractivity contribution in [2.75, 3.05) is 18.5 Å². The smallest absolute Gasteiger partial charge is 0.225 e. The van der Waals surface area contributed by atoms with Crippen LogP contribution in [0.4, 0.5) is 5.69 Å². The van der Waals surface area contributed by atoms with Gasteiger partial charge in [0.2, 0.25) is 5.91 Å². The number of carbonyl (C=O) groups is 1. The van der Waals surface area contributed by atoms with E-state index in [1.54, 1.807) is 0 Å². The molecule has 0 aliphatic heterocycles. The van der Waals surface area contributed by atoms with Crippen LogP contribution in [0, 0.1) is 13.8 Å². The zero-order chi connectivity index (χ0) is 14.3. The van der Waals surface area contributed by atoms with Crippen LogP contribution in [-0.4, -0.2) is 30.2 Å². The third-order valence-electron chi connectivity index (χ3n) is 2.98. The number of hydrogen-bond acceptors (Lipinski definition) is 3. The Labute approximate surface area is 115 Å². The van der Waals surface area contributed by atoms with Crippen molar-refractivity contribution in [2.45, 2.75) is 39.7 Å². The van der Waals surface area contributed by atoms with E-state index in [2.05, 4.69) is 16.7 Å². The molecule has 0 aliphatic carbocycles. The number of anilines is 1. The highest BCUT2D eigenvalue weighted by Gasteiger charge is 2.09. The number of hydrogen-bond donors (Lipinski definition) is 3. The molecule has 0 saturated carbocycles. The first-order valence-corrected chi connectivity index (χ1v) is 6.74. The van der Waals surface area contributed by atoms with Crippen molar-refractivity contribution in [1.29, 1.82) is 0 Å². The van der Waals surface area contributed by atoms with Gasteiger partial charge in [0.1, 0.15) is 0 Å². The van der Waals surface area contributed by atoms with Crippen molar-refractivity contribution in [3.63, 3.8) is 0 Å². The maximum absolute atomic E-state index is 11.9. The molecule has 0 aromatic heterocycles. The van der Waals surface area contributed by atoms with Gasteiger partial charge in [0.25, 0.3) is 0 Å². The van der Waals surface area contributed by atoms with Gasteiger partial charge in [-0.2, -0.15) is 0 Å². The van der Waals surface area contributed by atoms with E-state index in [9.17, 15) is 4.79 Å². The summed E-state index contributed by atoms with van der Waals surface area (Å²) in [6, 6.07) is 6.09. The molecule has 4 heteroatoms. The summed E-state index contributed by atoms with van der Waals surface area (Å²) < 4.78 is 0. The maximum atomic E-state index is 11.9. The van der Waals surface area contributed by atoms with Gasteiger partial charge in [-0.3, -0.25) is 4.79 Å². The van der Waals surface area contributed by atoms with Crippen LogP contribution in [0.1, 0.15) is 30.9 Å². The molecule has 1 aromatic rings. The van der Waals surface area contributed by atoms with Crippen LogP contribution in [0.5, 0.6) is 0 Å². The minimum atomic E-state index is 0.0101. The summed E-state index contributed by atoms with van der Waals surface area (Å²) in [7, 11) is 0. The number of carbonyl (C=O) groups excluding carboxylic acids is 1. The predicted molar refractivity (Wildman–Crippen MR) is 78.3 cm³/mol. The fraction of sp³-hybridized carbons (Fsp3) is 0.533. The highest BCUT2D eigenvalue weighted by atomic mass is 16.3. The first-order valence-electron chi connectivity index (χ1n) is 6.74. The third kappa shape index (κ3) is 5.85. The normalized spacial score (nSPS) is 12.2. The standard InChI is InChI=1S/C15H24N2O2/c1-11-5-6-14(12(2)9-11)17-15(19)10-13(3)16-7-4-8-18/h5-6,9,13,16,18H,4,7-8,10H2,1-3H3,(H,17,19). The minimum absolute atomic E-state index is 0.0101. The molecule has 0 saturated heterocycles. The number of aliphatic hydroxyl groups is 1.